The van der Waals surface area contributed by atoms with Gasteiger partial charge in [-0.1, -0.05) is 30.3 Å². The smallest absolute Gasteiger partial charge is 0.233 e. The molecule has 0 spiro atoms. The standard InChI is InChI=1S/C16H19N3O3S/c1-12-8-9-17-11-15(12)19-16(20)14(10-18-23(2,21)22)13-6-4-3-5-7-13/h3-9,11,14,18H,10H2,1-2H3,(H,19,20). The summed E-state index contributed by atoms with van der Waals surface area (Å²) in [6, 6.07) is 10.8. The number of aryl methyl sites for hydroxylation is 1. The van der Waals surface area contributed by atoms with Gasteiger partial charge in [0.15, 0.2) is 0 Å². The molecule has 2 rings (SSSR count). The van der Waals surface area contributed by atoms with Gasteiger partial charge < -0.3 is 5.32 Å². The fourth-order valence-electron chi connectivity index (χ4n) is 2.10. The Morgan fingerprint density at radius 1 is 1.22 bits per heavy atom. The number of benzene rings is 1. The molecule has 0 aliphatic carbocycles. The first-order chi connectivity index (χ1) is 10.9. The summed E-state index contributed by atoms with van der Waals surface area (Å²) in [5, 5.41) is 2.81. The molecule has 0 saturated carbocycles. The number of aromatic nitrogens is 1. The van der Waals surface area contributed by atoms with Crippen molar-refractivity contribution in [1.82, 2.24) is 9.71 Å². The molecule has 2 N–H and O–H groups in total. The first-order valence-corrected chi connectivity index (χ1v) is 8.97. The highest BCUT2D eigenvalue weighted by Crippen LogP contribution is 2.19. The number of amides is 1. The van der Waals surface area contributed by atoms with Crippen molar-refractivity contribution >= 4 is 21.6 Å². The summed E-state index contributed by atoms with van der Waals surface area (Å²) in [4.78, 5) is 16.6. The molecule has 0 aliphatic rings. The molecule has 1 atom stereocenters. The number of sulfonamides is 1. The molecule has 1 aromatic carbocycles. The Bertz CT molecular complexity index is 776. The average molecular weight is 333 g/mol. The lowest BCUT2D eigenvalue weighted by Gasteiger charge is -2.18. The van der Waals surface area contributed by atoms with Crippen LogP contribution in [-0.2, 0) is 14.8 Å². The van der Waals surface area contributed by atoms with E-state index in [0.29, 0.717) is 5.69 Å². The summed E-state index contributed by atoms with van der Waals surface area (Å²) >= 11 is 0. The summed E-state index contributed by atoms with van der Waals surface area (Å²) in [5.74, 6) is -0.922. The Hall–Kier alpha value is -2.25. The van der Waals surface area contributed by atoms with E-state index in [0.717, 1.165) is 17.4 Å². The number of rotatable bonds is 6. The molecule has 1 aromatic heterocycles. The molecule has 23 heavy (non-hydrogen) atoms. The maximum absolute atomic E-state index is 12.6. The van der Waals surface area contributed by atoms with Gasteiger partial charge in [-0.2, -0.15) is 0 Å². The lowest BCUT2D eigenvalue weighted by molar-refractivity contribution is -0.117. The quantitative estimate of drug-likeness (QED) is 0.841. The molecular formula is C16H19N3O3S. The Kier molecular flexibility index (Phi) is 5.46. The van der Waals surface area contributed by atoms with Crippen molar-refractivity contribution in [2.75, 3.05) is 18.1 Å². The van der Waals surface area contributed by atoms with E-state index in [1.54, 1.807) is 30.6 Å². The van der Waals surface area contributed by atoms with Gasteiger partial charge in [-0.05, 0) is 24.1 Å². The van der Waals surface area contributed by atoms with Crippen LogP contribution in [0, 0.1) is 6.92 Å². The van der Waals surface area contributed by atoms with Gasteiger partial charge in [0.2, 0.25) is 15.9 Å². The van der Waals surface area contributed by atoms with Gasteiger partial charge in [0.25, 0.3) is 0 Å². The van der Waals surface area contributed by atoms with Crippen LogP contribution in [0.1, 0.15) is 17.0 Å². The molecule has 1 heterocycles. The van der Waals surface area contributed by atoms with Crippen LogP contribution in [0.5, 0.6) is 0 Å². The minimum absolute atomic E-state index is 0.00596. The molecule has 1 unspecified atom stereocenters. The van der Waals surface area contributed by atoms with Crippen molar-refractivity contribution in [3.8, 4) is 0 Å². The first kappa shape index (κ1) is 17.1. The fourth-order valence-corrected chi connectivity index (χ4v) is 2.57. The molecule has 0 radical (unpaired) electrons. The highest BCUT2D eigenvalue weighted by atomic mass is 32.2. The Labute approximate surface area is 136 Å². The largest absolute Gasteiger partial charge is 0.324 e. The highest BCUT2D eigenvalue weighted by molar-refractivity contribution is 7.88. The molecular weight excluding hydrogens is 314 g/mol. The Balaban J connectivity index is 2.22. The van der Waals surface area contributed by atoms with Gasteiger partial charge in [-0.3, -0.25) is 9.78 Å². The summed E-state index contributed by atoms with van der Waals surface area (Å²) in [6.45, 7) is 1.86. The van der Waals surface area contributed by atoms with E-state index in [2.05, 4.69) is 15.0 Å². The summed E-state index contributed by atoms with van der Waals surface area (Å²) < 4.78 is 25.1. The normalized spacial score (nSPS) is 12.6. The van der Waals surface area contributed by atoms with Crippen molar-refractivity contribution in [3.05, 3.63) is 59.9 Å². The van der Waals surface area contributed by atoms with Gasteiger partial charge in [0.1, 0.15) is 0 Å². The lowest BCUT2D eigenvalue weighted by atomic mass is 9.98. The Morgan fingerprint density at radius 2 is 1.91 bits per heavy atom. The van der Waals surface area contributed by atoms with Crippen LogP contribution in [0.2, 0.25) is 0 Å². The van der Waals surface area contributed by atoms with Gasteiger partial charge in [-0.25, -0.2) is 13.1 Å². The van der Waals surface area contributed by atoms with E-state index in [1.165, 1.54) is 0 Å². The van der Waals surface area contributed by atoms with Crippen LogP contribution in [0.25, 0.3) is 0 Å². The maximum atomic E-state index is 12.6. The molecule has 7 heteroatoms. The van der Waals surface area contributed by atoms with Crippen LogP contribution in [0.3, 0.4) is 0 Å². The minimum Gasteiger partial charge on any atom is -0.324 e. The van der Waals surface area contributed by atoms with Crippen molar-refractivity contribution in [2.24, 2.45) is 0 Å². The second kappa shape index (κ2) is 7.34. The molecule has 1 amide bonds. The number of pyridine rings is 1. The molecule has 0 aliphatic heterocycles. The maximum Gasteiger partial charge on any atom is 0.233 e. The third-order valence-electron chi connectivity index (χ3n) is 3.37. The molecule has 6 nitrogen and oxygen atoms in total. The number of anilines is 1. The number of hydrogen-bond acceptors (Lipinski definition) is 4. The lowest BCUT2D eigenvalue weighted by Crippen LogP contribution is -2.33. The van der Waals surface area contributed by atoms with Crippen LogP contribution in [0.15, 0.2) is 48.8 Å². The van der Waals surface area contributed by atoms with Gasteiger partial charge in [-0.15, -0.1) is 0 Å². The van der Waals surface area contributed by atoms with Crippen LogP contribution < -0.4 is 10.0 Å². The SMILES string of the molecule is Cc1ccncc1NC(=O)C(CNS(C)(=O)=O)c1ccccc1. The van der Waals surface area contributed by atoms with E-state index in [-0.39, 0.29) is 12.5 Å². The molecule has 2 aromatic rings. The van der Waals surface area contributed by atoms with Gasteiger partial charge >= 0.3 is 0 Å². The zero-order valence-corrected chi connectivity index (χ0v) is 13.8. The molecule has 0 saturated heterocycles. The number of carbonyl (C=O) groups excluding carboxylic acids is 1. The topological polar surface area (TPSA) is 88.2 Å². The molecule has 122 valence electrons. The van der Waals surface area contributed by atoms with E-state index in [9.17, 15) is 13.2 Å². The zero-order valence-electron chi connectivity index (χ0n) is 13.0. The van der Waals surface area contributed by atoms with Crippen molar-refractivity contribution in [3.63, 3.8) is 0 Å². The number of nitrogens with zero attached hydrogens (tertiary/aromatic N) is 1. The van der Waals surface area contributed by atoms with E-state index >= 15 is 0 Å². The summed E-state index contributed by atoms with van der Waals surface area (Å²) in [6.07, 6.45) is 4.28. The summed E-state index contributed by atoms with van der Waals surface area (Å²) in [7, 11) is -3.38. The summed E-state index contributed by atoms with van der Waals surface area (Å²) in [5.41, 5.74) is 2.23. The number of hydrogen-bond donors (Lipinski definition) is 2. The number of carbonyl (C=O) groups is 1. The van der Waals surface area contributed by atoms with E-state index in [1.807, 2.05) is 25.1 Å². The minimum atomic E-state index is -3.38. The second-order valence-corrected chi connectivity index (χ2v) is 7.10. The average Bonchev–Trinajstić information content (AvgIpc) is 2.50. The predicted molar refractivity (Wildman–Crippen MR) is 89.6 cm³/mol. The van der Waals surface area contributed by atoms with Gasteiger partial charge in [0, 0.05) is 12.7 Å². The van der Waals surface area contributed by atoms with Crippen LogP contribution in [-0.4, -0.2) is 32.1 Å². The molecule has 0 fully saturated rings. The monoisotopic (exact) mass is 333 g/mol. The fraction of sp³-hybridized carbons (Fsp3) is 0.250. The molecule has 0 bridgehead atoms. The third-order valence-corrected chi connectivity index (χ3v) is 4.06. The third kappa shape index (κ3) is 5.15. The van der Waals surface area contributed by atoms with Crippen molar-refractivity contribution in [2.45, 2.75) is 12.8 Å². The second-order valence-electron chi connectivity index (χ2n) is 5.26. The Morgan fingerprint density at radius 3 is 2.52 bits per heavy atom. The predicted octanol–water partition coefficient (Wildman–Crippen LogP) is 1.66. The van der Waals surface area contributed by atoms with E-state index < -0.39 is 15.9 Å². The van der Waals surface area contributed by atoms with Crippen molar-refractivity contribution in [1.29, 1.82) is 0 Å². The van der Waals surface area contributed by atoms with Crippen LogP contribution in [0.4, 0.5) is 5.69 Å². The zero-order chi connectivity index (χ0) is 16.9. The van der Waals surface area contributed by atoms with Crippen molar-refractivity contribution < 1.29 is 13.2 Å². The number of nitrogens with one attached hydrogen (secondary N) is 2. The van der Waals surface area contributed by atoms with E-state index in [4.69, 9.17) is 0 Å². The highest BCUT2D eigenvalue weighted by Gasteiger charge is 2.22. The van der Waals surface area contributed by atoms with Crippen LogP contribution >= 0.6 is 0 Å². The van der Waals surface area contributed by atoms with Gasteiger partial charge in [0.05, 0.1) is 24.1 Å². The first-order valence-electron chi connectivity index (χ1n) is 7.08.